The first kappa shape index (κ1) is 19.2. The average Bonchev–Trinajstić information content (AvgIpc) is 2.71. The van der Waals surface area contributed by atoms with Gasteiger partial charge in [0.15, 0.2) is 0 Å². The number of para-hydroxylation sites is 1. The Morgan fingerprint density at radius 3 is 2.46 bits per heavy atom. The molecule has 0 aromatic heterocycles. The largest absolute Gasteiger partial charge is 0.497 e. The molecule has 0 atom stereocenters. The molecule has 1 fully saturated rings. The monoisotopic (exact) mass is 380 g/mol. The smallest absolute Gasteiger partial charge is 0.335 e. The highest BCUT2D eigenvalue weighted by molar-refractivity contribution is 6.39. The molecule has 7 heteroatoms. The molecule has 0 spiro atoms. The summed E-state index contributed by atoms with van der Waals surface area (Å²) in [5.41, 5.74) is 1.63. The van der Waals surface area contributed by atoms with Crippen molar-refractivity contribution in [2.24, 2.45) is 0 Å². The fourth-order valence-electron chi connectivity index (χ4n) is 3.00. The number of methoxy groups -OCH3 is 2. The van der Waals surface area contributed by atoms with Crippen LogP contribution in [0.15, 0.2) is 48.0 Å². The first-order chi connectivity index (χ1) is 13.5. The summed E-state index contributed by atoms with van der Waals surface area (Å²) in [5.74, 6) is -0.428. The second kappa shape index (κ2) is 7.96. The number of nitrogens with zero attached hydrogens (tertiary/aromatic N) is 1. The van der Waals surface area contributed by atoms with Gasteiger partial charge < -0.3 is 9.47 Å². The van der Waals surface area contributed by atoms with Crippen LogP contribution in [0.4, 0.5) is 10.5 Å². The van der Waals surface area contributed by atoms with Crippen molar-refractivity contribution in [1.82, 2.24) is 5.32 Å². The van der Waals surface area contributed by atoms with Gasteiger partial charge in [0.2, 0.25) is 0 Å². The molecule has 1 N–H and O–H groups in total. The van der Waals surface area contributed by atoms with Crippen LogP contribution >= 0.6 is 0 Å². The second-order valence-electron chi connectivity index (χ2n) is 6.05. The van der Waals surface area contributed by atoms with E-state index in [1.807, 2.05) is 19.1 Å². The van der Waals surface area contributed by atoms with E-state index < -0.39 is 17.8 Å². The number of barbiturate groups is 1. The van der Waals surface area contributed by atoms with Gasteiger partial charge in [0.25, 0.3) is 11.8 Å². The molecule has 28 heavy (non-hydrogen) atoms. The minimum atomic E-state index is -0.769. The lowest BCUT2D eigenvalue weighted by atomic mass is 10.0. The highest BCUT2D eigenvalue weighted by Gasteiger charge is 2.37. The highest BCUT2D eigenvalue weighted by atomic mass is 16.5. The summed E-state index contributed by atoms with van der Waals surface area (Å²) in [6.07, 6.45) is 2.04. The number of anilines is 1. The van der Waals surface area contributed by atoms with Crippen LogP contribution < -0.4 is 19.7 Å². The first-order valence-corrected chi connectivity index (χ1v) is 8.71. The van der Waals surface area contributed by atoms with Crippen LogP contribution in [0.2, 0.25) is 0 Å². The van der Waals surface area contributed by atoms with Gasteiger partial charge in [-0.1, -0.05) is 25.1 Å². The van der Waals surface area contributed by atoms with E-state index >= 15 is 0 Å². The van der Waals surface area contributed by atoms with Crippen molar-refractivity contribution in [2.45, 2.75) is 13.3 Å². The molecule has 7 nitrogen and oxygen atoms in total. The van der Waals surface area contributed by atoms with Crippen molar-refractivity contribution in [3.05, 3.63) is 59.2 Å². The molecule has 1 aliphatic heterocycles. The van der Waals surface area contributed by atoms with Gasteiger partial charge in [-0.25, -0.2) is 9.69 Å². The Kier molecular flexibility index (Phi) is 5.44. The van der Waals surface area contributed by atoms with Gasteiger partial charge in [0.05, 0.1) is 19.9 Å². The SMILES string of the molecule is CCc1ccccc1N1C(=O)NC(=O)C(=Cc2ccc(OC)cc2OC)C1=O. The Labute approximate surface area is 162 Å². The van der Waals surface area contributed by atoms with E-state index in [-0.39, 0.29) is 5.57 Å². The lowest BCUT2D eigenvalue weighted by Crippen LogP contribution is -2.54. The Bertz CT molecular complexity index is 981. The molecule has 2 aromatic rings. The van der Waals surface area contributed by atoms with Crippen molar-refractivity contribution < 1.29 is 23.9 Å². The topological polar surface area (TPSA) is 84.9 Å². The number of aryl methyl sites for hydroxylation is 1. The number of rotatable bonds is 5. The third kappa shape index (κ3) is 3.46. The number of hydrogen-bond acceptors (Lipinski definition) is 5. The van der Waals surface area contributed by atoms with Crippen LogP contribution in [-0.2, 0) is 16.0 Å². The van der Waals surface area contributed by atoms with E-state index in [2.05, 4.69) is 5.32 Å². The van der Waals surface area contributed by atoms with Crippen LogP contribution in [0.3, 0.4) is 0 Å². The average molecular weight is 380 g/mol. The van der Waals surface area contributed by atoms with Gasteiger partial charge in [-0.3, -0.25) is 14.9 Å². The molecule has 0 saturated carbocycles. The zero-order valence-corrected chi connectivity index (χ0v) is 15.8. The Morgan fingerprint density at radius 1 is 1.04 bits per heavy atom. The van der Waals surface area contributed by atoms with E-state index in [0.717, 1.165) is 10.5 Å². The van der Waals surface area contributed by atoms with Gasteiger partial charge in [-0.2, -0.15) is 0 Å². The summed E-state index contributed by atoms with van der Waals surface area (Å²) >= 11 is 0. The Hall–Kier alpha value is -3.61. The zero-order chi connectivity index (χ0) is 20.3. The number of carbonyl (C=O) groups is 3. The summed E-state index contributed by atoms with van der Waals surface area (Å²) in [4.78, 5) is 38.8. The lowest BCUT2D eigenvalue weighted by Gasteiger charge is -2.28. The molecular weight excluding hydrogens is 360 g/mol. The van der Waals surface area contributed by atoms with E-state index in [4.69, 9.17) is 9.47 Å². The summed E-state index contributed by atoms with van der Waals surface area (Å²) < 4.78 is 10.5. The number of imide groups is 2. The molecule has 0 bridgehead atoms. The number of benzene rings is 2. The highest BCUT2D eigenvalue weighted by Crippen LogP contribution is 2.29. The van der Waals surface area contributed by atoms with Crippen molar-refractivity contribution in [3.63, 3.8) is 0 Å². The van der Waals surface area contributed by atoms with Gasteiger partial charge in [-0.05, 0) is 36.3 Å². The quantitative estimate of drug-likeness (QED) is 0.637. The molecule has 1 saturated heterocycles. The Balaban J connectivity index is 2.07. The van der Waals surface area contributed by atoms with Gasteiger partial charge >= 0.3 is 6.03 Å². The maximum Gasteiger partial charge on any atom is 0.335 e. The van der Waals surface area contributed by atoms with Crippen LogP contribution in [0, 0.1) is 0 Å². The molecule has 144 valence electrons. The molecule has 2 aromatic carbocycles. The van der Waals surface area contributed by atoms with Crippen molar-refractivity contribution >= 4 is 29.6 Å². The predicted octanol–water partition coefficient (Wildman–Crippen LogP) is 2.93. The second-order valence-corrected chi connectivity index (χ2v) is 6.05. The number of hydrogen-bond donors (Lipinski definition) is 1. The van der Waals surface area contributed by atoms with E-state index in [1.165, 1.54) is 20.3 Å². The number of urea groups is 1. The number of ether oxygens (including phenoxy) is 2. The van der Waals surface area contributed by atoms with Crippen LogP contribution in [0.1, 0.15) is 18.1 Å². The summed E-state index contributed by atoms with van der Waals surface area (Å²) in [6, 6.07) is 11.3. The normalized spacial score (nSPS) is 15.6. The lowest BCUT2D eigenvalue weighted by molar-refractivity contribution is -0.122. The number of nitrogens with one attached hydrogen (secondary N) is 1. The van der Waals surface area contributed by atoms with Crippen molar-refractivity contribution in [3.8, 4) is 11.5 Å². The predicted molar refractivity (Wildman–Crippen MR) is 104 cm³/mol. The standard InChI is InChI=1S/C21H20N2O5/c1-4-13-7-5-6-8-17(13)23-20(25)16(19(24)22-21(23)26)11-14-9-10-15(27-2)12-18(14)28-3/h5-12H,4H2,1-3H3,(H,22,24,26). The van der Waals surface area contributed by atoms with Gasteiger partial charge in [-0.15, -0.1) is 0 Å². The molecule has 0 radical (unpaired) electrons. The minimum Gasteiger partial charge on any atom is -0.497 e. The van der Waals surface area contributed by atoms with Gasteiger partial charge in [0.1, 0.15) is 17.1 Å². The first-order valence-electron chi connectivity index (χ1n) is 8.71. The van der Waals surface area contributed by atoms with E-state index in [1.54, 1.807) is 30.3 Å². The molecule has 1 heterocycles. The maximum absolute atomic E-state index is 13.1. The van der Waals surface area contributed by atoms with Crippen molar-refractivity contribution in [2.75, 3.05) is 19.1 Å². The summed E-state index contributed by atoms with van der Waals surface area (Å²) in [5, 5.41) is 2.23. The van der Waals surface area contributed by atoms with Crippen LogP contribution in [0.5, 0.6) is 11.5 Å². The molecule has 0 unspecified atom stereocenters. The van der Waals surface area contributed by atoms with E-state index in [9.17, 15) is 14.4 Å². The van der Waals surface area contributed by atoms with Crippen LogP contribution in [-0.4, -0.2) is 32.1 Å². The maximum atomic E-state index is 13.1. The fraction of sp³-hybridized carbons (Fsp3) is 0.190. The Morgan fingerprint density at radius 2 is 1.79 bits per heavy atom. The number of carbonyl (C=O) groups excluding carboxylic acids is 3. The van der Waals surface area contributed by atoms with Crippen molar-refractivity contribution in [1.29, 1.82) is 0 Å². The molecule has 3 rings (SSSR count). The van der Waals surface area contributed by atoms with E-state index in [0.29, 0.717) is 29.2 Å². The molecular formula is C21H20N2O5. The zero-order valence-electron chi connectivity index (χ0n) is 15.8. The third-order valence-corrected chi connectivity index (χ3v) is 4.46. The van der Waals surface area contributed by atoms with Crippen LogP contribution in [0.25, 0.3) is 6.08 Å². The summed E-state index contributed by atoms with van der Waals surface area (Å²) in [7, 11) is 3.01. The van der Waals surface area contributed by atoms with Gasteiger partial charge in [0, 0.05) is 11.6 Å². The summed E-state index contributed by atoms with van der Waals surface area (Å²) in [6.45, 7) is 1.93. The molecule has 0 aliphatic carbocycles. The number of amides is 4. The minimum absolute atomic E-state index is 0.158. The molecule has 4 amide bonds. The third-order valence-electron chi connectivity index (χ3n) is 4.46. The fourth-order valence-corrected chi connectivity index (χ4v) is 3.00. The molecule has 1 aliphatic rings.